The molecule has 0 fully saturated rings. The molecule has 4 heteroatoms. The molecule has 2 nitrogen and oxygen atoms in total. The highest BCUT2D eigenvalue weighted by molar-refractivity contribution is 9.10. The highest BCUT2D eigenvalue weighted by Crippen LogP contribution is 2.25. The molecule has 1 unspecified atom stereocenters. The highest BCUT2D eigenvalue weighted by atomic mass is 79.9. The molecular formula is C16H16BrFO2. The minimum Gasteiger partial charge on any atom is -0.494 e. The summed E-state index contributed by atoms with van der Waals surface area (Å²) in [5.41, 5.74) is 1.20. The van der Waals surface area contributed by atoms with Gasteiger partial charge in [0.2, 0.25) is 0 Å². The number of benzene rings is 2. The molecule has 0 aliphatic rings. The first kappa shape index (κ1) is 15.0. The number of aliphatic hydroxyl groups excluding tert-OH is 1. The molecule has 0 bridgehead atoms. The lowest BCUT2D eigenvalue weighted by Crippen LogP contribution is -2.04. The first-order valence-electron chi connectivity index (χ1n) is 6.45. The maximum absolute atomic E-state index is 13.7. The predicted octanol–water partition coefficient (Wildman–Crippen LogP) is 4.26. The molecule has 0 aliphatic carbocycles. The van der Waals surface area contributed by atoms with Gasteiger partial charge in [-0.25, -0.2) is 4.39 Å². The molecule has 1 atom stereocenters. The Bertz CT molecular complexity index is 586. The topological polar surface area (TPSA) is 29.5 Å². The van der Waals surface area contributed by atoms with Gasteiger partial charge >= 0.3 is 0 Å². The van der Waals surface area contributed by atoms with E-state index in [1.165, 1.54) is 6.07 Å². The largest absolute Gasteiger partial charge is 0.494 e. The van der Waals surface area contributed by atoms with Crippen molar-refractivity contribution >= 4 is 15.9 Å². The van der Waals surface area contributed by atoms with Crippen LogP contribution in [0.4, 0.5) is 4.39 Å². The Morgan fingerprint density at radius 1 is 1.25 bits per heavy atom. The smallest absolute Gasteiger partial charge is 0.126 e. The Morgan fingerprint density at radius 3 is 2.80 bits per heavy atom. The zero-order valence-corrected chi connectivity index (χ0v) is 12.7. The fourth-order valence-corrected chi connectivity index (χ4v) is 2.41. The average Bonchev–Trinajstić information content (AvgIpc) is 2.43. The summed E-state index contributed by atoms with van der Waals surface area (Å²) >= 11 is 3.31. The van der Waals surface area contributed by atoms with E-state index in [9.17, 15) is 9.50 Å². The second kappa shape index (κ2) is 6.86. The Morgan fingerprint density at radius 2 is 2.05 bits per heavy atom. The molecule has 0 heterocycles. The number of ether oxygens (including phenoxy) is 1. The molecular weight excluding hydrogens is 323 g/mol. The quantitative estimate of drug-likeness (QED) is 0.882. The van der Waals surface area contributed by atoms with E-state index in [-0.39, 0.29) is 12.2 Å². The van der Waals surface area contributed by atoms with Crippen molar-refractivity contribution < 1.29 is 14.2 Å². The van der Waals surface area contributed by atoms with Gasteiger partial charge in [0.15, 0.2) is 0 Å². The molecule has 0 amide bonds. The van der Waals surface area contributed by atoms with Gasteiger partial charge < -0.3 is 9.84 Å². The zero-order valence-electron chi connectivity index (χ0n) is 11.1. The summed E-state index contributed by atoms with van der Waals surface area (Å²) in [7, 11) is 0. The summed E-state index contributed by atoms with van der Waals surface area (Å²) in [6.45, 7) is 2.47. The monoisotopic (exact) mass is 338 g/mol. The van der Waals surface area contributed by atoms with Crippen LogP contribution in [-0.2, 0) is 6.42 Å². The van der Waals surface area contributed by atoms with Crippen LogP contribution in [0, 0.1) is 5.82 Å². The second-order valence-corrected chi connectivity index (χ2v) is 5.38. The predicted molar refractivity (Wildman–Crippen MR) is 80.4 cm³/mol. The van der Waals surface area contributed by atoms with Gasteiger partial charge in [0, 0.05) is 10.9 Å². The van der Waals surface area contributed by atoms with E-state index < -0.39 is 6.10 Å². The van der Waals surface area contributed by atoms with Crippen molar-refractivity contribution in [3.63, 3.8) is 0 Å². The summed E-state index contributed by atoms with van der Waals surface area (Å²) in [6.07, 6.45) is -0.542. The fraction of sp³-hybridized carbons (Fsp3) is 0.250. The summed E-state index contributed by atoms with van der Waals surface area (Å²) in [5.74, 6) is 0.395. The third kappa shape index (κ3) is 3.81. The normalized spacial score (nSPS) is 12.2. The number of hydrogen-bond donors (Lipinski definition) is 1. The first-order chi connectivity index (χ1) is 9.60. The van der Waals surface area contributed by atoms with Gasteiger partial charge in [-0.1, -0.05) is 28.1 Å². The van der Waals surface area contributed by atoms with Crippen LogP contribution in [0.2, 0.25) is 0 Å². The summed E-state index contributed by atoms with van der Waals surface area (Å²) < 4.78 is 19.9. The van der Waals surface area contributed by atoms with Crippen molar-refractivity contribution in [1.29, 1.82) is 0 Å². The molecule has 106 valence electrons. The summed E-state index contributed by atoms with van der Waals surface area (Å²) in [4.78, 5) is 0. The van der Waals surface area contributed by atoms with Crippen LogP contribution in [0.25, 0.3) is 0 Å². The molecule has 0 aliphatic heterocycles. The van der Waals surface area contributed by atoms with Crippen molar-refractivity contribution in [2.45, 2.75) is 19.4 Å². The van der Waals surface area contributed by atoms with Crippen LogP contribution in [-0.4, -0.2) is 11.7 Å². The van der Waals surface area contributed by atoms with Crippen LogP contribution < -0.4 is 4.74 Å². The number of rotatable bonds is 5. The minimum absolute atomic E-state index is 0.223. The van der Waals surface area contributed by atoms with E-state index in [0.717, 1.165) is 10.0 Å². The van der Waals surface area contributed by atoms with E-state index in [1.807, 2.05) is 25.1 Å². The van der Waals surface area contributed by atoms with Crippen LogP contribution in [0.5, 0.6) is 5.75 Å². The lowest BCUT2D eigenvalue weighted by atomic mass is 10.0. The lowest BCUT2D eigenvalue weighted by Gasteiger charge is -2.13. The van der Waals surface area contributed by atoms with Gasteiger partial charge in [0.05, 0.1) is 12.7 Å². The van der Waals surface area contributed by atoms with Gasteiger partial charge in [0.1, 0.15) is 11.6 Å². The number of halogens is 2. The van der Waals surface area contributed by atoms with Crippen LogP contribution in [0.15, 0.2) is 46.9 Å². The van der Waals surface area contributed by atoms with E-state index in [0.29, 0.717) is 17.9 Å². The van der Waals surface area contributed by atoms with E-state index in [4.69, 9.17) is 4.74 Å². The van der Waals surface area contributed by atoms with Gasteiger partial charge in [-0.2, -0.15) is 0 Å². The van der Waals surface area contributed by atoms with Gasteiger partial charge in [-0.3, -0.25) is 0 Å². The third-order valence-corrected chi connectivity index (χ3v) is 3.47. The Labute approximate surface area is 126 Å². The highest BCUT2D eigenvalue weighted by Gasteiger charge is 2.13. The van der Waals surface area contributed by atoms with Gasteiger partial charge in [0.25, 0.3) is 0 Å². The standard InChI is InChI=1S/C16H16BrFO2/c1-2-20-14-5-3-4-11(9-14)16(19)10-12-8-13(17)6-7-15(12)18/h3-9,16,19H,2,10H2,1H3. The zero-order chi connectivity index (χ0) is 14.5. The molecule has 2 aromatic rings. The fourth-order valence-electron chi connectivity index (χ4n) is 2.00. The second-order valence-electron chi connectivity index (χ2n) is 4.46. The van der Waals surface area contributed by atoms with Crippen molar-refractivity contribution in [2.24, 2.45) is 0 Å². The number of aliphatic hydroxyl groups is 1. The third-order valence-electron chi connectivity index (χ3n) is 2.97. The molecule has 0 saturated heterocycles. The average molecular weight is 339 g/mol. The molecule has 2 rings (SSSR count). The lowest BCUT2D eigenvalue weighted by molar-refractivity contribution is 0.176. The molecule has 1 N–H and O–H groups in total. The maximum atomic E-state index is 13.7. The molecule has 0 saturated carbocycles. The van der Waals surface area contributed by atoms with E-state index in [1.54, 1.807) is 18.2 Å². The van der Waals surface area contributed by atoms with Gasteiger partial charge in [-0.15, -0.1) is 0 Å². The Hall–Kier alpha value is -1.39. The Balaban J connectivity index is 2.17. The van der Waals surface area contributed by atoms with Crippen molar-refractivity contribution in [1.82, 2.24) is 0 Å². The molecule has 20 heavy (non-hydrogen) atoms. The maximum Gasteiger partial charge on any atom is 0.126 e. The van der Waals surface area contributed by atoms with Crippen molar-refractivity contribution in [3.8, 4) is 5.75 Å². The first-order valence-corrected chi connectivity index (χ1v) is 7.24. The van der Waals surface area contributed by atoms with Crippen molar-refractivity contribution in [3.05, 3.63) is 63.9 Å². The minimum atomic E-state index is -0.765. The molecule has 0 spiro atoms. The SMILES string of the molecule is CCOc1cccc(C(O)Cc2cc(Br)ccc2F)c1. The van der Waals surface area contributed by atoms with Crippen molar-refractivity contribution in [2.75, 3.05) is 6.61 Å². The summed E-state index contributed by atoms with van der Waals surface area (Å²) in [6, 6.07) is 12.0. The number of hydrogen-bond acceptors (Lipinski definition) is 2. The molecule has 0 aromatic heterocycles. The Kier molecular flexibility index (Phi) is 5.15. The molecule has 0 radical (unpaired) electrons. The van der Waals surface area contributed by atoms with E-state index >= 15 is 0 Å². The summed E-state index contributed by atoms with van der Waals surface area (Å²) in [5, 5.41) is 10.2. The van der Waals surface area contributed by atoms with Crippen LogP contribution in [0.1, 0.15) is 24.2 Å². The van der Waals surface area contributed by atoms with Crippen LogP contribution in [0.3, 0.4) is 0 Å². The van der Waals surface area contributed by atoms with Gasteiger partial charge in [-0.05, 0) is 48.4 Å². The van der Waals surface area contributed by atoms with E-state index in [2.05, 4.69) is 15.9 Å². The molecule has 2 aromatic carbocycles. The van der Waals surface area contributed by atoms with Crippen LogP contribution >= 0.6 is 15.9 Å².